The highest BCUT2D eigenvalue weighted by atomic mass is 16.6. The lowest BCUT2D eigenvalue weighted by atomic mass is 10.1. The molecule has 38 heavy (non-hydrogen) atoms. The minimum Gasteiger partial charge on any atom is -0.493 e. The third-order valence-corrected chi connectivity index (χ3v) is 5.27. The average molecular weight is 513 g/mol. The van der Waals surface area contributed by atoms with Crippen LogP contribution in [0.5, 0.6) is 23.0 Å². The first-order valence-electron chi connectivity index (χ1n) is 11.8. The van der Waals surface area contributed by atoms with Gasteiger partial charge >= 0.3 is 5.97 Å². The lowest BCUT2D eigenvalue weighted by Gasteiger charge is -2.10. The molecule has 0 heterocycles. The Morgan fingerprint density at radius 3 is 2.24 bits per heavy atom. The van der Waals surface area contributed by atoms with Gasteiger partial charge in [-0.15, -0.1) is 0 Å². The number of nitrogens with one attached hydrogen (secondary N) is 1. The van der Waals surface area contributed by atoms with Gasteiger partial charge in [-0.3, -0.25) is 4.79 Å². The van der Waals surface area contributed by atoms with Crippen molar-refractivity contribution in [2.75, 3.05) is 20.8 Å². The maximum Gasteiger partial charge on any atom is 0.336 e. The van der Waals surface area contributed by atoms with Crippen LogP contribution in [0.2, 0.25) is 0 Å². The van der Waals surface area contributed by atoms with Crippen LogP contribution >= 0.6 is 0 Å². The fourth-order valence-electron chi connectivity index (χ4n) is 3.42. The Morgan fingerprint density at radius 2 is 1.55 bits per heavy atom. The van der Waals surface area contributed by atoms with E-state index in [9.17, 15) is 14.9 Å². The molecule has 0 saturated heterocycles. The lowest BCUT2D eigenvalue weighted by molar-refractivity contribution is -0.129. The molecule has 0 spiro atoms. The van der Waals surface area contributed by atoms with Gasteiger partial charge in [-0.2, -0.15) is 5.26 Å². The second-order valence-corrected chi connectivity index (χ2v) is 7.85. The number of rotatable bonds is 11. The van der Waals surface area contributed by atoms with Gasteiger partial charge in [0, 0.05) is 12.6 Å². The number of carbonyl (C=O) groups is 2. The molecular weight excluding hydrogens is 484 g/mol. The van der Waals surface area contributed by atoms with E-state index in [0.717, 1.165) is 11.1 Å². The maximum atomic E-state index is 12.5. The van der Waals surface area contributed by atoms with Crippen LogP contribution in [-0.4, -0.2) is 32.7 Å². The van der Waals surface area contributed by atoms with Crippen LogP contribution in [0.15, 0.2) is 78.4 Å². The predicted octanol–water partition coefficient (Wildman–Crippen LogP) is 4.94. The molecule has 0 unspecified atom stereocenters. The molecule has 0 saturated carbocycles. The van der Waals surface area contributed by atoms with Crippen molar-refractivity contribution < 1.29 is 28.5 Å². The van der Waals surface area contributed by atoms with E-state index in [0.29, 0.717) is 30.2 Å². The summed E-state index contributed by atoms with van der Waals surface area (Å²) < 4.78 is 21.6. The van der Waals surface area contributed by atoms with Crippen LogP contribution < -0.4 is 24.3 Å². The van der Waals surface area contributed by atoms with Crippen LogP contribution in [-0.2, 0) is 16.1 Å². The van der Waals surface area contributed by atoms with E-state index < -0.39 is 11.9 Å². The summed E-state index contributed by atoms with van der Waals surface area (Å²) in [4.78, 5) is 24.9. The lowest BCUT2D eigenvalue weighted by Crippen LogP contribution is -2.23. The molecular formula is C30H28N2O6. The highest BCUT2D eigenvalue weighted by molar-refractivity contribution is 6.01. The second kappa shape index (κ2) is 13.9. The van der Waals surface area contributed by atoms with Crippen molar-refractivity contribution in [1.29, 1.82) is 5.26 Å². The Kier molecular flexibility index (Phi) is 10.1. The van der Waals surface area contributed by atoms with Gasteiger partial charge in [0.25, 0.3) is 5.91 Å². The number of hydrogen-bond donors (Lipinski definition) is 1. The van der Waals surface area contributed by atoms with E-state index in [4.69, 9.17) is 18.9 Å². The Bertz CT molecular complexity index is 1370. The Morgan fingerprint density at radius 1 is 0.895 bits per heavy atom. The molecule has 0 bridgehead atoms. The van der Waals surface area contributed by atoms with E-state index in [1.165, 1.54) is 25.3 Å². The molecule has 0 aliphatic carbocycles. The van der Waals surface area contributed by atoms with Gasteiger partial charge in [-0.25, -0.2) is 4.79 Å². The third kappa shape index (κ3) is 7.73. The number of ether oxygens (including phenoxy) is 4. The number of carbonyl (C=O) groups excluding carboxylic acids is 2. The van der Waals surface area contributed by atoms with E-state index in [1.807, 2.05) is 43.3 Å². The Hall–Kier alpha value is -5.03. The van der Waals surface area contributed by atoms with Crippen LogP contribution in [0.3, 0.4) is 0 Å². The number of nitriles is 1. The minimum atomic E-state index is -0.613. The van der Waals surface area contributed by atoms with E-state index in [2.05, 4.69) is 5.32 Å². The Labute approximate surface area is 221 Å². The SMILES string of the molecule is CCOc1ccc(/C=C/C(=O)Oc2ccc(/C=C(\C#N)C(=O)NCc3ccccc3)cc2OC)cc1OC. The molecule has 8 nitrogen and oxygen atoms in total. The van der Waals surface area contributed by atoms with Crippen LogP contribution in [0, 0.1) is 11.3 Å². The van der Waals surface area contributed by atoms with Gasteiger partial charge in [0.2, 0.25) is 0 Å². The molecule has 0 radical (unpaired) electrons. The largest absolute Gasteiger partial charge is 0.493 e. The molecule has 3 rings (SSSR count). The highest BCUT2D eigenvalue weighted by Gasteiger charge is 2.12. The Balaban J connectivity index is 1.68. The first-order valence-corrected chi connectivity index (χ1v) is 11.8. The van der Waals surface area contributed by atoms with Gasteiger partial charge in [0.15, 0.2) is 23.0 Å². The number of hydrogen-bond acceptors (Lipinski definition) is 7. The molecule has 3 aromatic carbocycles. The summed E-state index contributed by atoms with van der Waals surface area (Å²) in [6.45, 7) is 2.69. The van der Waals surface area contributed by atoms with Crippen LogP contribution in [0.25, 0.3) is 12.2 Å². The van der Waals surface area contributed by atoms with Crippen molar-refractivity contribution in [2.24, 2.45) is 0 Å². The zero-order valence-corrected chi connectivity index (χ0v) is 21.4. The molecule has 8 heteroatoms. The van der Waals surface area contributed by atoms with Gasteiger partial charge in [0.1, 0.15) is 11.6 Å². The summed E-state index contributed by atoms with van der Waals surface area (Å²) in [6, 6.07) is 21.3. The quantitative estimate of drug-likeness (QED) is 0.168. The maximum absolute atomic E-state index is 12.5. The van der Waals surface area contributed by atoms with Gasteiger partial charge in [0.05, 0.1) is 20.8 Å². The van der Waals surface area contributed by atoms with Gasteiger partial charge in [-0.1, -0.05) is 42.5 Å². The zero-order valence-electron chi connectivity index (χ0n) is 21.4. The van der Waals surface area contributed by atoms with Crippen molar-refractivity contribution >= 4 is 24.0 Å². The molecule has 0 aromatic heterocycles. The first-order chi connectivity index (χ1) is 18.5. The summed E-state index contributed by atoms with van der Waals surface area (Å²) >= 11 is 0. The van der Waals surface area contributed by atoms with Crippen molar-refractivity contribution in [3.63, 3.8) is 0 Å². The van der Waals surface area contributed by atoms with Crippen LogP contribution in [0.1, 0.15) is 23.6 Å². The first kappa shape index (κ1) is 27.6. The predicted molar refractivity (Wildman–Crippen MR) is 144 cm³/mol. The molecule has 0 atom stereocenters. The monoisotopic (exact) mass is 512 g/mol. The number of nitrogens with zero attached hydrogens (tertiary/aromatic N) is 1. The second-order valence-electron chi connectivity index (χ2n) is 7.85. The van der Waals surface area contributed by atoms with Gasteiger partial charge < -0.3 is 24.3 Å². The summed E-state index contributed by atoms with van der Waals surface area (Å²) in [7, 11) is 2.97. The normalized spacial score (nSPS) is 10.9. The molecule has 0 aliphatic heterocycles. The fraction of sp³-hybridized carbons (Fsp3) is 0.167. The average Bonchev–Trinajstić information content (AvgIpc) is 2.95. The molecule has 194 valence electrons. The van der Waals surface area contributed by atoms with E-state index in [1.54, 1.807) is 43.5 Å². The standard InChI is InChI=1S/C30H28N2O6/c1-4-37-25-13-10-21(17-27(25)35-2)12-15-29(33)38-26-14-11-23(18-28(26)36-3)16-24(19-31)30(34)32-20-22-8-6-5-7-9-22/h5-18H,4,20H2,1-3H3,(H,32,34)/b15-12+,24-16+. The minimum absolute atomic E-state index is 0.0681. The summed E-state index contributed by atoms with van der Waals surface area (Å²) in [5.74, 6) is 0.514. The van der Waals surface area contributed by atoms with Gasteiger partial charge in [-0.05, 0) is 60.0 Å². The summed E-state index contributed by atoms with van der Waals surface area (Å²) in [5, 5.41) is 12.2. The molecule has 3 aromatic rings. The van der Waals surface area contributed by atoms with Crippen molar-refractivity contribution in [3.8, 4) is 29.1 Å². The van der Waals surface area contributed by atoms with Crippen molar-refractivity contribution in [2.45, 2.75) is 13.5 Å². The van der Waals surface area contributed by atoms with E-state index >= 15 is 0 Å². The fourth-order valence-corrected chi connectivity index (χ4v) is 3.42. The molecule has 1 amide bonds. The smallest absolute Gasteiger partial charge is 0.336 e. The van der Waals surface area contributed by atoms with Crippen LogP contribution in [0.4, 0.5) is 0 Å². The van der Waals surface area contributed by atoms with Crippen molar-refractivity contribution in [1.82, 2.24) is 5.32 Å². The number of methoxy groups -OCH3 is 2. The van der Waals surface area contributed by atoms with Crippen molar-refractivity contribution in [3.05, 3.63) is 95.1 Å². The summed E-state index contributed by atoms with van der Waals surface area (Å²) in [6.07, 6.45) is 4.32. The number of amides is 1. The number of benzene rings is 3. The molecule has 0 aliphatic rings. The molecule has 0 fully saturated rings. The highest BCUT2D eigenvalue weighted by Crippen LogP contribution is 2.30. The van der Waals surface area contributed by atoms with E-state index in [-0.39, 0.29) is 17.1 Å². The molecule has 1 N–H and O–H groups in total. The summed E-state index contributed by atoms with van der Waals surface area (Å²) in [5.41, 5.74) is 2.11. The zero-order chi connectivity index (χ0) is 27.3. The third-order valence-electron chi connectivity index (χ3n) is 5.27. The number of esters is 1. The topological polar surface area (TPSA) is 107 Å².